The van der Waals surface area contributed by atoms with Crippen LogP contribution in [-0.4, -0.2) is 29.5 Å². The molecule has 2 heterocycles. The molecule has 90 valence electrons. The first-order chi connectivity index (χ1) is 8.23. The number of guanidine groups is 1. The Balaban J connectivity index is 2.05. The number of anilines is 1. The van der Waals surface area contributed by atoms with E-state index in [4.69, 9.17) is 5.73 Å². The maximum Gasteiger partial charge on any atom is 0.196 e. The molecular formula is C12H14FN3S. The molecule has 2 aliphatic rings. The molecule has 17 heavy (non-hydrogen) atoms. The van der Waals surface area contributed by atoms with Crippen molar-refractivity contribution in [3.63, 3.8) is 0 Å². The van der Waals surface area contributed by atoms with Crippen LogP contribution in [0.1, 0.15) is 6.42 Å². The van der Waals surface area contributed by atoms with Gasteiger partial charge in [-0.2, -0.15) is 11.8 Å². The minimum Gasteiger partial charge on any atom is -0.369 e. The lowest BCUT2D eigenvalue weighted by Gasteiger charge is -2.35. The molecule has 0 aromatic heterocycles. The molecule has 0 saturated carbocycles. The standard InChI is InChI=1S/C12H14FN3S/c13-9-3-1-2-4-10(9)16-11(14)15-7-12(16)5-6-17-8-12/h1-4H,5-8H2,(H2,14,15). The van der Waals surface area contributed by atoms with Crippen LogP contribution in [0.15, 0.2) is 29.3 Å². The van der Waals surface area contributed by atoms with Crippen LogP contribution in [-0.2, 0) is 0 Å². The zero-order chi connectivity index (χ0) is 11.9. The molecule has 1 spiro atoms. The molecule has 2 aliphatic heterocycles. The van der Waals surface area contributed by atoms with E-state index in [2.05, 4.69) is 4.99 Å². The third-order valence-electron chi connectivity index (χ3n) is 3.41. The van der Waals surface area contributed by atoms with E-state index in [-0.39, 0.29) is 11.4 Å². The third kappa shape index (κ3) is 1.60. The van der Waals surface area contributed by atoms with Gasteiger partial charge in [0.05, 0.1) is 17.8 Å². The SMILES string of the molecule is NC1=NCC2(CCSC2)N1c1ccccc1F. The van der Waals surface area contributed by atoms with Gasteiger partial charge in [0.15, 0.2) is 5.96 Å². The molecule has 1 atom stereocenters. The lowest BCUT2D eigenvalue weighted by atomic mass is 9.97. The molecule has 2 N–H and O–H groups in total. The summed E-state index contributed by atoms with van der Waals surface area (Å²) < 4.78 is 13.9. The predicted octanol–water partition coefficient (Wildman–Crippen LogP) is 1.84. The number of thioether (sulfide) groups is 1. The molecule has 1 saturated heterocycles. The van der Waals surface area contributed by atoms with Gasteiger partial charge in [-0.15, -0.1) is 0 Å². The highest BCUT2D eigenvalue weighted by atomic mass is 32.2. The molecule has 3 nitrogen and oxygen atoms in total. The second-order valence-electron chi connectivity index (χ2n) is 4.49. The molecule has 1 aromatic carbocycles. The van der Waals surface area contributed by atoms with Gasteiger partial charge in [0, 0.05) is 5.75 Å². The third-order valence-corrected chi connectivity index (χ3v) is 4.65. The lowest BCUT2D eigenvalue weighted by molar-refractivity contribution is 0.506. The van der Waals surface area contributed by atoms with Crippen molar-refractivity contribution in [1.29, 1.82) is 0 Å². The summed E-state index contributed by atoms with van der Waals surface area (Å²) in [6.07, 6.45) is 1.01. The highest BCUT2D eigenvalue weighted by Gasteiger charge is 2.46. The molecule has 0 bridgehead atoms. The van der Waals surface area contributed by atoms with Gasteiger partial charge in [-0.3, -0.25) is 4.99 Å². The Morgan fingerprint density at radius 2 is 2.24 bits per heavy atom. The number of rotatable bonds is 1. The number of halogens is 1. The number of benzene rings is 1. The van der Waals surface area contributed by atoms with E-state index in [1.54, 1.807) is 12.1 Å². The van der Waals surface area contributed by atoms with E-state index >= 15 is 0 Å². The van der Waals surface area contributed by atoms with Gasteiger partial charge in [-0.1, -0.05) is 12.1 Å². The summed E-state index contributed by atoms with van der Waals surface area (Å²) >= 11 is 1.88. The summed E-state index contributed by atoms with van der Waals surface area (Å²) in [5.41, 5.74) is 6.38. The predicted molar refractivity (Wildman–Crippen MR) is 70.0 cm³/mol. The number of nitrogens with zero attached hydrogens (tertiary/aromatic N) is 2. The average molecular weight is 251 g/mol. The zero-order valence-electron chi connectivity index (χ0n) is 9.40. The highest BCUT2D eigenvalue weighted by molar-refractivity contribution is 7.99. The van der Waals surface area contributed by atoms with E-state index in [1.165, 1.54) is 6.07 Å². The summed E-state index contributed by atoms with van der Waals surface area (Å²) in [7, 11) is 0. The van der Waals surface area contributed by atoms with Crippen LogP contribution in [0.3, 0.4) is 0 Å². The van der Waals surface area contributed by atoms with Crippen molar-refractivity contribution in [1.82, 2.24) is 0 Å². The van der Waals surface area contributed by atoms with Crippen molar-refractivity contribution in [2.75, 3.05) is 23.0 Å². The first kappa shape index (κ1) is 10.9. The average Bonchev–Trinajstić information content (AvgIpc) is 2.90. The summed E-state index contributed by atoms with van der Waals surface area (Å²) in [4.78, 5) is 6.20. The van der Waals surface area contributed by atoms with E-state index in [1.807, 2.05) is 22.7 Å². The van der Waals surface area contributed by atoms with Gasteiger partial charge in [-0.25, -0.2) is 4.39 Å². The van der Waals surface area contributed by atoms with Crippen LogP contribution in [0.25, 0.3) is 0 Å². The summed E-state index contributed by atoms with van der Waals surface area (Å²) in [5.74, 6) is 2.26. The number of hydrogen-bond acceptors (Lipinski definition) is 4. The van der Waals surface area contributed by atoms with Crippen LogP contribution in [0, 0.1) is 5.82 Å². The molecule has 1 aromatic rings. The Bertz CT molecular complexity index is 469. The van der Waals surface area contributed by atoms with E-state index in [9.17, 15) is 4.39 Å². The first-order valence-electron chi connectivity index (χ1n) is 5.65. The maximum atomic E-state index is 13.9. The van der Waals surface area contributed by atoms with Crippen molar-refractivity contribution < 1.29 is 4.39 Å². The Morgan fingerprint density at radius 3 is 2.94 bits per heavy atom. The fraction of sp³-hybridized carbons (Fsp3) is 0.417. The van der Waals surface area contributed by atoms with Gasteiger partial charge in [0.25, 0.3) is 0 Å². The highest BCUT2D eigenvalue weighted by Crippen LogP contribution is 2.40. The van der Waals surface area contributed by atoms with E-state index in [0.29, 0.717) is 18.2 Å². The Morgan fingerprint density at radius 1 is 1.41 bits per heavy atom. The largest absolute Gasteiger partial charge is 0.369 e. The van der Waals surface area contributed by atoms with Crippen molar-refractivity contribution in [2.24, 2.45) is 10.7 Å². The first-order valence-corrected chi connectivity index (χ1v) is 6.81. The van der Waals surface area contributed by atoms with E-state index in [0.717, 1.165) is 17.9 Å². The fourth-order valence-electron chi connectivity index (χ4n) is 2.52. The van der Waals surface area contributed by atoms with Crippen LogP contribution in [0.4, 0.5) is 10.1 Å². The summed E-state index contributed by atoms with van der Waals surface area (Å²) in [5, 5.41) is 0. The Labute approximate surface area is 104 Å². The smallest absolute Gasteiger partial charge is 0.196 e. The topological polar surface area (TPSA) is 41.6 Å². The van der Waals surface area contributed by atoms with Gasteiger partial charge in [0.2, 0.25) is 0 Å². The van der Waals surface area contributed by atoms with Crippen LogP contribution in [0.2, 0.25) is 0 Å². The molecular weight excluding hydrogens is 237 g/mol. The molecule has 5 heteroatoms. The van der Waals surface area contributed by atoms with Gasteiger partial charge < -0.3 is 10.6 Å². The van der Waals surface area contributed by atoms with Crippen LogP contribution in [0.5, 0.6) is 0 Å². The maximum absolute atomic E-state index is 13.9. The zero-order valence-corrected chi connectivity index (χ0v) is 10.2. The number of aliphatic imine (C=N–C) groups is 1. The minimum atomic E-state index is -0.233. The number of para-hydroxylation sites is 1. The van der Waals surface area contributed by atoms with Crippen molar-refractivity contribution >= 4 is 23.4 Å². The summed E-state index contributed by atoms with van der Waals surface area (Å²) in [6, 6.07) is 6.77. The van der Waals surface area contributed by atoms with Gasteiger partial charge in [0.1, 0.15) is 5.82 Å². The van der Waals surface area contributed by atoms with E-state index < -0.39 is 0 Å². The van der Waals surface area contributed by atoms with Gasteiger partial charge in [-0.05, 0) is 24.3 Å². The Kier molecular flexibility index (Phi) is 2.50. The quantitative estimate of drug-likeness (QED) is 0.828. The second-order valence-corrected chi connectivity index (χ2v) is 5.59. The van der Waals surface area contributed by atoms with Crippen molar-refractivity contribution in [3.05, 3.63) is 30.1 Å². The van der Waals surface area contributed by atoms with Gasteiger partial charge >= 0.3 is 0 Å². The molecule has 3 rings (SSSR count). The lowest BCUT2D eigenvalue weighted by Crippen LogP contribution is -2.52. The van der Waals surface area contributed by atoms with Crippen LogP contribution < -0.4 is 10.6 Å². The second kappa shape index (κ2) is 3.91. The number of nitrogens with two attached hydrogens (primary N) is 1. The molecule has 1 fully saturated rings. The normalized spacial score (nSPS) is 27.8. The molecule has 0 amide bonds. The minimum absolute atomic E-state index is 0.100. The monoisotopic (exact) mass is 251 g/mol. The molecule has 0 radical (unpaired) electrons. The number of hydrogen-bond donors (Lipinski definition) is 1. The van der Waals surface area contributed by atoms with Crippen molar-refractivity contribution in [2.45, 2.75) is 12.0 Å². The molecule has 1 unspecified atom stereocenters. The fourth-order valence-corrected chi connectivity index (χ4v) is 3.94. The van der Waals surface area contributed by atoms with Crippen LogP contribution >= 0.6 is 11.8 Å². The summed E-state index contributed by atoms with van der Waals surface area (Å²) in [6.45, 7) is 0.681. The molecule has 0 aliphatic carbocycles. The van der Waals surface area contributed by atoms with Crippen molar-refractivity contribution in [3.8, 4) is 0 Å². The Hall–Kier alpha value is -1.23.